The zero-order chi connectivity index (χ0) is 7.56. The summed E-state index contributed by atoms with van der Waals surface area (Å²) in [4.78, 5) is 14.5. The lowest BCUT2D eigenvalue weighted by molar-refractivity contribution is 0.0949. The average Bonchev–Trinajstić information content (AvgIpc) is 2.34. The highest BCUT2D eigenvalue weighted by Gasteiger charge is 2.04. The van der Waals surface area contributed by atoms with Crippen molar-refractivity contribution in [3.05, 3.63) is 18.2 Å². The zero-order valence-electron chi connectivity index (χ0n) is 6.35. The first-order valence-corrected chi connectivity index (χ1v) is 2.73. The summed E-state index contributed by atoms with van der Waals surface area (Å²) in [5.41, 5.74) is 2.30. The number of nitrogens with two attached hydrogens (primary N) is 1. The molecule has 5 nitrogen and oxygen atoms in total. The van der Waals surface area contributed by atoms with Crippen molar-refractivity contribution >= 4 is 30.7 Å². The summed E-state index contributed by atoms with van der Waals surface area (Å²) in [6, 6.07) is 0. The van der Waals surface area contributed by atoms with Gasteiger partial charge in [0.15, 0.2) is 0 Å². The number of rotatable bonds is 1. The third-order valence-corrected chi connectivity index (χ3v) is 1.07. The van der Waals surface area contributed by atoms with E-state index in [9.17, 15) is 4.79 Å². The lowest BCUT2D eigenvalue weighted by Crippen LogP contribution is -2.30. The van der Waals surface area contributed by atoms with Gasteiger partial charge in [0.05, 0.1) is 6.33 Å². The van der Waals surface area contributed by atoms with Gasteiger partial charge in [-0.15, -0.1) is 24.8 Å². The number of imidazole rings is 1. The molecule has 70 valence electrons. The van der Waals surface area contributed by atoms with E-state index in [1.807, 2.05) is 5.43 Å². The summed E-state index contributed by atoms with van der Waals surface area (Å²) in [6.07, 6.45) is 3.12. The number of halogens is 2. The minimum Gasteiger partial charge on any atom is -0.340 e. The number of nitrogen functional groups attached to an aromatic ring is 1. The van der Waals surface area contributed by atoms with Gasteiger partial charge in [0.25, 0.3) is 5.91 Å². The van der Waals surface area contributed by atoms with Crippen LogP contribution in [0.2, 0.25) is 0 Å². The average molecular weight is 213 g/mol. The molecule has 0 aliphatic rings. The van der Waals surface area contributed by atoms with Crippen molar-refractivity contribution in [2.24, 2.45) is 12.9 Å². The van der Waals surface area contributed by atoms with E-state index in [-0.39, 0.29) is 30.7 Å². The van der Waals surface area contributed by atoms with E-state index < -0.39 is 0 Å². The number of hydrogen-bond donors (Lipinski definition) is 2. The minimum atomic E-state index is -0.374. The van der Waals surface area contributed by atoms with E-state index in [0.29, 0.717) is 5.69 Å². The fourth-order valence-electron chi connectivity index (χ4n) is 0.604. The highest BCUT2D eigenvalue weighted by Crippen LogP contribution is 1.91. The summed E-state index contributed by atoms with van der Waals surface area (Å²) in [5, 5.41) is 0. The molecule has 0 aliphatic heterocycles. The SMILES string of the molecule is Cl.Cl.Cn1cnc(C(=O)NN)c1. The second kappa shape index (κ2) is 5.82. The third-order valence-electron chi connectivity index (χ3n) is 1.07. The number of aryl methyl sites for hydroxylation is 1. The smallest absolute Gasteiger partial charge is 0.285 e. The molecule has 1 aromatic heterocycles. The number of hydrogen-bond acceptors (Lipinski definition) is 3. The molecule has 0 aromatic carbocycles. The first kappa shape index (κ1) is 13.8. The summed E-state index contributed by atoms with van der Waals surface area (Å²) >= 11 is 0. The maximum absolute atomic E-state index is 10.7. The van der Waals surface area contributed by atoms with Crippen molar-refractivity contribution in [3.8, 4) is 0 Å². The van der Waals surface area contributed by atoms with Gasteiger partial charge in [-0.1, -0.05) is 0 Å². The monoisotopic (exact) mass is 212 g/mol. The number of nitrogens with zero attached hydrogens (tertiary/aromatic N) is 2. The van der Waals surface area contributed by atoms with Gasteiger partial charge in [0.2, 0.25) is 0 Å². The van der Waals surface area contributed by atoms with Gasteiger partial charge in [-0.25, -0.2) is 10.8 Å². The lowest BCUT2D eigenvalue weighted by Gasteiger charge is -1.90. The fraction of sp³-hybridized carbons (Fsp3) is 0.200. The van der Waals surface area contributed by atoms with Gasteiger partial charge in [-0.05, 0) is 0 Å². The zero-order valence-corrected chi connectivity index (χ0v) is 7.98. The molecule has 0 aliphatic carbocycles. The largest absolute Gasteiger partial charge is 0.340 e. The molecule has 12 heavy (non-hydrogen) atoms. The van der Waals surface area contributed by atoms with Gasteiger partial charge in [0, 0.05) is 13.2 Å². The first-order chi connectivity index (χ1) is 4.74. The molecular weight excluding hydrogens is 203 g/mol. The quantitative estimate of drug-likeness (QED) is 0.387. The molecular formula is C5H10Cl2N4O. The molecule has 0 spiro atoms. The van der Waals surface area contributed by atoms with Crippen molar-refractivity contribution in [1.82, 2.24) is 15.0 Å². The molecule has 0 fully saturated rings. The maximum Gasteiger partial charge on any atom is 0.285 e. The number of aromatic nitrogens is 2. The molecule has 0 atom stereocenters. The molecule has 0 bridgehead atoms. The summed E-state index contributed by atoms with van der Waals surface area (Å²) in [6.45, 7) is 0. The lowest BCUT2D eigenvalue weighted by atomic mass is 10.5. The molecule has 1 amide bonds. The Labute approximate surface area is 82.1 Å². The highest BCUT2D eigenvalue weighted by molar-refractivity contribution is 5.91. The van der Waals surface area contributed by atoms with Gasteiger partial charge in [0.1, 0.15) is 5.69 Å². The van der Waals surface area contributed by atoms with Crippen LogP contribution < -0.4 is 11.3 Å². The Morgan fingerprint density at radius 3 is 2.58 bits per heavy atom. The second-order valence-corrected chi connectivity index (χ2v) is 1.90. The Morgan fingerprint density at radius 1 is 1.67 bits per heavy atom. The van der Waals surface area contributed by atoms with E-state index in [0.717, 1.165) is 0 Å². The number of carbonyl (C=O) groups is 1. The Morgan fingerprint density at radius 2 is 2.25 bits per heavy atom. The normalized spacial score (nSPS) is 7.83. The van der Waals surface area contributed by atoms with Gasteiger partial charge in [-0.3, -0.25) is 10.2 Å². The van der Waals surface area contributed by atoms with Crippen molar-refractivity contribution < 1.29 is 4.79 Å². The van der Waals surface area contributed by atoms with Crippen LogP contribution in [0.4, 0.5) is 0 Å². The van der Waals surface area contributed by atoms with Crippen LogP contribution in [0.15, 0.2) is 12.5 Å². The fourth-order valence-corrected chi connectivity index (χ4v) is 0.604. The molecule has 1 rings (SSSR count). The van der Waals surface area contributed by atoms with Gasteiger partial charge >= 0.3 is 0 Å². The Hall–Kier alpha value is -0.780. The topological polar surface area (TPSA) is 72.9 Å². The van der Waals surface area contributed by atoms with E-state index in [1.165, 1.54) is 6.33 Å². The van der Waals surface area contributed by atoms with Crippen LogP contribution in [-0.4, -0.2) is 15.5 Å². The predicted molar refractivity (Wildman–Crippen MR) is 49.4 cm³/mol. The molecule has 0 radical (unpaired) electrons. The maximum atomic E-state index is 10.7. The summed E-state index contributed by atoms with van der Waals surface area (Å²) in [7, 11) is 1.78. The molecule has 0 saturated heterocycles. The molecule has 7 heteroatoms. The van der Waals surface area contributed by atoms with E-state index in [1.54, 1.807) is 17.8 Å². The van der Waals surface area contributed by atoms with Crippen LogP contribution in [-0.2, 0) is 7.05 Å². The number of nitrogens with one attached hydrogen (secondary N) is 1. The standard InChI is InChI=1S/C5H8N4O.2ClH/c1-9-2-4(7-3-9)5(10)8-6;;/h2-3H,6H2,1H3,(H,8,10);2*1H. The minimum absolute atomic E-state index is 0. The van der Waals surface area contributed by atoms with Crippen LogP contribution in [0.5, 0.6) is 0 Å². The second-order valence-electron chi connectivity index (χ2n) is 1.90. The number of amides is 1. The van der Waals surface area contributed by atoms with Crippen molar-refractivity contribution in [3.63, 3.8) is 0 Å². The highest BCUT2D eigenvalue weighted by atomic mass is 35.5. The predicted octanol–water partition coefficient (Wildman–Crippen LogP) is -0.133. The van der Waals surface area contributed by atoms with Crippen molar-refractivity contribution in [2.75, 3.05) is 0 Å². The summed E-state index contributed by atoms with van der Waals surface area (Å²) in [5.74, 6) is 4.49. The van der Waals surface area contributed by atoms with Gasteiger partial charge < -0.3 is 4.57 Å². The molecule has 1 aromatic rings. The Balaban J connectivity index is 0. The van der Waals surface area contributed by atoms with E-state index in [2.05, 4.69) is 4.98 Å². The van der Waals surface area contributed by atoms with E-state index >= 15 is 0 Å². The van der Waals surface area contributed by atoms with Crippen LogP contribution in [0.25, 0.3) is 0 Å². The van der Waals surface area contributed by atoms with Gasteiger partial charge in [-0.2, -0.15) is 0 Å². The third kappa shape index (κ3) is 3.08. The first-order valence-electron chi connectivity index (χ1n) is 2.73. The Bertz CT molecular complexity index is 249. The molecule has 0 unspecified atom stereocenters. The van der Waals surface area contributed by atoms with Crippen molar-refractivity contribution in [2.45, 2.75) is 0 Å². The molecule has 0 saturated carbocycles. The van der Waals surface area contributed by atoms with Crippen LogP contribution in [0, 0.1) is 0 Å². The number of carbonyl (C=O) groups excluding carboxylic acids is 1. The van der Waals surface area contributed by atoms with Crippen LogP contribution in [0.1, 0.15) is 10.5 Å². The summed E-state index contributed by atoms with van der Waals surface area (Å²) < 4.78 is 1.67. The molecule has 3 N–H and O–H groups in total. The van der Waals surface area contributed by atoms with Crippen LogP contribution >= 0.6 is 24.8 Å². The van der Waals surface area contributed by atoms with Crippen molar-refractivity contribution in [1.29, 1.82) is 0 Å². The van der Waals surface area contributed by atoms with E-state index in [4.69, 9.17) is 5.84 Å². The Kier molecular flexibility index (Phi) is 6.68. The molecule has 1 heterocycles. The number of hydrazine groups is 1. The van der Waals surface area contributed by atoms with Crippen LogP contribution in [0.3, 0.4) is 0 Å².